The third kappa shape index (κ3) is 3.43. The standard InChI is InChI=1S/C12H23NO/c1-4-11(2)9-13(3)10-12(14)7-5-6-8-12/h14H,2,4-10H2,1,3H3. The summed E-state index contributed by atoms with van der Waals surface area (Å²) in [6.45, 7) is 7.83. The van der Waals surface area contributed by atoms with Gasteiger partial charge in [0.2, 0.25) is 0 Å². The minimum absolute atomic E-state index is 0.414. The van der Waals surface area contributed by atoms with Gasteiger partial charge in [0, 0.05) is 13.1 Å². The molecule has 0 aliphatic heterocycles. The van der Waals surface area contributed by atoms with Crippen molar-refractivity contribution in [2.45, 2.75) is 44.6 Å². The smallest absolute Gasteiger partial charge is 0.0774 e. The van der Waals surface area contributed by atoms with Crippen molar-refractivity contribution in [3.05, 3.63) is 12.2 Å². The van der Waals surface area contributed by atoms with Crippen LogP contribution in [-0.4, -0.2) is 35.7 Å². The van der Waals surface area contributed by atoms with Gasteiger partial charge in [-0.25, -0.2) is 0 Å². The van der Waals surface area contributed by atoms with Gasteiger partial charge in [-0.05, 0) is 26.3 Å². The minimum Gasteiger partial charge on any atom is -0.389 e. The maximum Gasteiger partial charge on any atom is 0.0774 e. The number of nitrogens with zero attached hydrogens (tertiary/aromatic N) is 1. The molecule has 0 heterocycles. The van der Waals surface area contributed by atoms with Crippen LogP contribution in [-0.2, 0) is 0 Å². The Labute approximate surface area is 87.6 Å². The van der Waals surface area contributed by atoms with E-state index in [1.54, 1.807) is 0 Å². The van der Waals surface area contributed by atoms with Crippen molar-refractivity contribution < 1.29 is 5.11 Å². The van der Waals surface area contributed by atoms with E-state index in [2.05, 4.69) is 25.5 Å². The van der Waals surface area contributed by atoms with Gasteiger partial charge in [-0.1, -0.05) is 31.9 Å². The maximum absolute atomic E-state index is 10.2. The van der Waals surface area contributed by atoms with Crippen molar-refractivity contribution in [2.75, 3.05) is 20.1 Å². The van der Waals surface area contributed by atoms with Gasteiger partial charge in [0.05, 0.1) is 5.60 Å². The molecular formula is C12H23NO. The van der Waals surface area contributed by atoms with Crippen LogP contribution in [0.4, 0.5) is 0 Å². The lowest BCUT2D eigenvalue weighted by atomic mass is 10.0. The van der Waals surface area contributed by atoms with Crippen LogP contribution in [0.3, 0.4) is 0 Å². The number of hydrogen-bond donors (Lipinski definition) is 1. The van der Waals surface area contributed by atoms with Crippen LogP contribution >= 0.6 is 0 Å². The average molecular weight is 197 g/mol. The van der Waals surface area contributed by atoms with Gasteiger partial charge in [-0.3, -0.25) is 4.90 Å². The highest BCUT2D eigenvalue weighted by atomic mass is 16.3. The molecule has 1 fully saturated rings. The van der Waals surface area contributed by atoms with Crippen molar-refractivity contribution in [1.82, 2.24) is 4.90 Å². The summed E-state index contributed by atoms with van der Waals surface area (Å²) in [4.78, 5) is 2.19. The van der Waals surface area contributed by atoms with E-state index in [-0.39, 0.29) is 0 Å². The minimum atomic E-state index is -0.414. The number of aliphatic hydroxyl groups is 1. The number of hydrogen-bond acceptors (Lipinski definition) is 2. The number of rotatable bonds is 5. The zero-order valence-electron chi connectivity index (χ0n) is 9.55. The molecule has 0 aromatic carbocycles. The molecule has 1 aliphatic carbocycles. The van der Waals surface area contributed by atoms with E-state index < -0.39 is 5.60 Å². The Bertz CT molecular complexity index is 194. The van der Waals surface area contributed by atoms with E-state index in [4.69, 9.17) is 0 Å². The van der Waals surface area contributed by atoms with Crippen LogP contribution in [0.1, 0.15) is 39.0 Å². The lowest BCUT2D eigenvalue weighted by Gasteiger charge is -2.28. The molecule has 2 nitrogen and oxygen atoms in total. The molecular weight excluding hydrogens is 174 g/mol. The molecule has 1 aliphatic rings. The Morgan fingerprint density at radius 1 is 1.43 bits per heavy atom. The fraction of sp³-hybridized carbons (Fsp3) is 0.833. The molecule has 0 bridgehead atoms. The second kappa shape index (κ2) is 4.94. The second-order valence-electron chi connectivity index (χ2n) is 4.71. The summed E-state index contributed by atoms with van der Waals surface area (Å²) in [5, 5.41) is 10.2. The Hall–Kier alpha value is -0.340. The van der Waals surface area contributed by atoms with Crippen LogP contribution in [0.2, 0.25) is 0 Å². The lowest BCUT2D eigenvalue weighted by molar-refractivity contribution is 0.0185. The molecule has 1 rings (SSSR count). The summed E-state index contributed by atoms with van der Waals surface area (Å²) in [7, 11) is 2.07. The zero-order chi connectivity index (χ0) is 10.6. The van der Waals surface area contributed by atoms with Gasteiger partial charge >= 0.3 is 0 Å². The van der Waals surface area contributed by atoms with E-state index in [0.29, 0.717) is 0 Å². The summed E-state index contributed by atoms with van der Waals surface area (Å²) in [5.74, 6) is 0. The Balaban J connectivity index is 2.32. The van der Waals surface area contributed by atoms with Crippen LogP contribution in [0.25, 0.3) is 0 Å². The summed E-state index contributed by atoms with van der Waals surface area (Å²) >= 11 is 0. The molecule has 1 saturated carbocycles. The van der Waals surface area contributed by atoms with E-state index in [1.807, 2.05) is 0 Å². The molecule has 1 N–H and O–H groups in total. The fourth-order valence-electron chi connectivity index (χ4n) is 2.24. The van der Waals surface area contributed by atoms with Gasteiger partial charge in [0.15, 0.2) is 0 Å². The highest BCUT2D eigenvalue weighted by molar-refractivity contribution is 4.97. The molecule has 2 heteroatoms. The molecule has 0 atom stereocenters. The molecule has 0 saturated heterocycles. The second-order valence-corrected chi connectivity index (χ2v) is 4.71. The molecule has 82 valence electrons. The summed E-state index contributed by atoms with van der Waals surface area (Å²) in [6.07, 6.45) is 5.33. The van der Waals surface area contributed by atoms with Gasteiger partial charge < -0.3 is 5.11 Å². The van der Waals surface area contributed by atoms with Crippen molar-refractivity contribution >= 4 is 0 Å². The normalized spacial score (nSPS) is 20.3. The molecule has 0 radical (unpaired) electrons. The zero-order valence-corrected chi connectivity index (χ0v) is 9.55. The SMILES string of the molecule is C=C(CC)CN(C)CC1(O)CCCC1. The molecule has 0 unspecified atom stereocenters. The van der Waals surface area contributed by atoms with E-state index in [1.165, 1.54) is 18.4 Å². The first kappa shape index (κ1) is 11.7. The van der Waals surface area contributed by atoms with Gasteiger partial charge in [-0.2, -0.15) is 0 Å². The third-order valence-corrected chi connectivity index (χ3v) is 3.09. The largest absolute Gasteiger partial charge is 0.389 e. The predicted octanol–water partition coefficient (Wildman–Crippen LogP) is 2.19. The van der Waals surface area contributed by atoms with Crippen molar-refractivity contribution in [1.29, 1.82) is 0 Å². The van der Waals surface area contributed by atoms with E-state index >= 15 is 0 Å². The molecule has 0 amide bonds. The van der Waals surface area contributed by atoms with Gasteiger partial charge in [0.25, 0.3) is 0 Å². The lowest BCUT2D eigenvalue weighted by Crippen LogP contribution is -2.39. The highest BCUT2D eigenvalue weighted by Crippen LogP contribution is 2.29. The summed E-state index contributed by atoms with van der Waals surface area (Å²) in [6, 6.07) is 0. The Morgan fingerprint density at radius 3 is 2.50 bits per heavy atom. The summed E-state index contributed by atoms with van der Waals surface area (Å²) < 4.78 is 0. The molecule has 0 spiro atoms. The van der Waals surface area contributed by atoms with Gasteiger partial charge in [-0.15, -0.1) is 0 Å². The molecule has 0 aromatic heterocycles. The van der Waals surface area contributed by atoms with Gasteiger partial charge in [0.1, 0.15) is 0 Å². The number of likely N-dealkylation sites (N-methyl/N-ethyl adjacent to an activating group) is 1. The van der Waals surface area contributed by atoms with Crippen molar-refractivity contribution in [3.8, 4) is 0 Å². The van der Waals surface area contributed by atoms with E-state index in [0.717, 1.165) is 32.4 Å². The quantitative estimate of drug-likeness (QED) is 0.683. The first-order valence-electron chi connectivity index (χ1n) is 5.63. The first-order valence-corrected chi connectivity index (χ1v) is 5.63. The van der Waals surface area contributed by atoms with Crippen LogP contribution in [0, 0.1) is 0 Å². The Morgan fingerprint density at radius 2 is 2.00 bits per heavy atom. The van der Waals surface area contributed by atoms with Crippen LogP contribution < -0.4 is 0 Å². The van der Waals surface area contributed by atoms with E-state index in [9.17, 15) is 5.11 Å². The fourth-order valence-corrected chi connectivity index (χ4v) is 2.24. The summed E-state index contributed by atoms with van der Waals surface area (Å²) in [5.41, 5.74) is 0.831. The van der Waals surface area contributed by atoms with Crippen LogP contribution in [0.5, 0.6) is 0 Å². The monoisotopic (exact) mass is 197 g/mol. The van der Waals surface area contributed by atoms with Crippen molar-refractivity contribution in [3.63, 3.8) is 0 Å². The predicted molar refractivity (Wildman–Crippen MR) is 60.3 cm³/mol. The molecule has 0 aromatic rings. The third-order valence-electron chi connectivity index (χ3n) is 3.09. The first-order chi connectivity index (χ1) is 6.56. The maximum atomic E-state index is 10.2. The average Bonchev–Trinajstić information content (AvgIpc) is 2.51. The Kier molecular flexibility index (Phi) is 4.14. The highest BCUT2D eigenvalue weighted by Gasteiger charge is 2.31. The topological polar surface area (TPSA) is 23.5 Å². The van der Waals surface area contributed by atoms with Crippen LogP contribution in [0.15, 0.2) is 12.2 Å². The molecule has 14 heavy (non-hydrogen) atoms. The van der Waals surface area contributed by atoms with Crippen molar-refractivity contribution in [2.24, 2.45) is 0 Å².